The Labute approximate surface area is 117 Å². The second-order valence-electron chi connectivity index (χ2n) is 3.95. The third-order valence-electron chi connectivity index (χ3n) is 2.44. The molecule has 1 atom stereocenters. The fourth-order valence-electron chi connectivity index (χ4n) is 1.44. The molecule has 1 N–H and O–H groups in total. The first-order valence-electron chi connectivity index (χ1n) is 5.44. The van der Waals surface area contributed by atoms with Crippen LogP contribution < -0.4 is 4.72 Å². The van der Waals surface area contributed by atoms with Crippen LogP contribution in [-0.2, 0) is 11.0 Å². The molecule has 0 aliphatic heterocycles. The van der Waals surface area contributed by atoms with Crippen molar-refractivity contribution in [2.24, 2.45) is 0 Å². The molecule has 94 valence electrons. The summed E-state index contributed by atoms with van der Waals surface area (Å²) in [4.78, 5) is 4.98. The van der Waals surface area contributed by atoms with Crippen molar-refractivity contribution in [1.29, 1.82) is 0 Å². The highest BCUT2D eigenvalue weighted by Crippen LogP contribution is 2.20. The van der Waals surface area contributed by atoms with E-state index in [0.717, 1.165) is 20.6 Å². The molecule has 0 saturated carbocycles. The molecule has 0 radical (unpaired) electrons. The number of halogens is 1. The lowest BCUT2D eigenvalue weighted by Gasteiger charge is -2.07. The molecule has 1 aromatic carbocycles. The van der Waals surface area contributed by atoms with Gasteiger partial charge in [-0.2, -0.15) is 0 Å². The van der Waals surface area contributed by atoms with Crippen LogP contribution in [0.15, 0.2) is 45.8 Å². The summed E-state index contributed by atoms with van der Waals surface area (Å²) in [5.74, 6) is 0.616. The summed E-state index contributed by atoms with van der Waals surface area (Å²) in [5.41, 5.74) is 2.01. The van der Waals surface area contributed by atoms with Gasteiger partial charge in [0.15, 0.2) is 11.0 Å². The third-order valence-corrected chi connectivity index (χ3v) is 4.37. The topological polar surface area (TPSA) is 42.0 Å². The number of benzene rings is 1. The number of hydrogen-bond acceptors (Lipinski definition) is 2. The number of pyridine rings is 1. The van der Waals surface area contributed by atoms with Gasteiger partial charge in [-0.15, -0.1) is 0 Å². The fraction of sp³-hybridized carbons (Fsp3) is 0.154. The van der Waals surface area contributed by atoms with Gasteiger partial charge in [0.2, 0.25) is 0 Å². The number of nitrogens with zero attached hydrogens (tertiary/aromatic N) is 1. The predicted molar refractivity (Wildman–Crippen MR) is 77.9 cm³/mol. The monoisotopic (exact) mass is 324 g/mol. The lowest BCUT2D eigenvalue weighted by Crippen LogP contribution is -2.06. The van der Waals surface area contributed by atoms with E-state index in [2.05, 4.69) is 25.6 Å². The Morgan fingerprint density at radius 1 is 1.22 bits per heavy atom. The minimum Gasteiger partial charge on any atom is -0.285 e. The Morgan fingerprint density at radius 2 is 2.00 bits per heavy atom. The quantitative estimate of drug-likeness (QED) is 0.937. The molecule has 0 spiro atoms. The Morgan fingerprint density at radius 3 is 2.67 bits per heavy atom. The summed E-state index contributed by atoms with van der Waals surface area (Å²) in [6.45, 7) is 3.89. The smallest absolute Gasteiger partial charge is 0.151 e. The third kappa shape index (κ3) is 3.17. The molecule has 1 aromatic heterocycles. The van der Waals surface area contributed by atoms with Crippen molar-refractivity contribution in [3.8, 4) is 0 Å². The summed E-state index contributed by atoms with van der Waals surface area (Å²) in [6, 6.07) is 11.2. The van der Waals surface area contributed by atoms with Gasteiger partial charge in [0.1, 0.15) is 5.82 Å². The van der Waals surface area contributed by atoms with Crippen LogP contribution in [-0.4, -0.2) is 9.19 Å². The summed E-state index contributed by atoms with van der Waals surface area (Å²) in [7, 11) is -1.30. The molecule has 0 amide bonds. The molecule has 2 aromatic rings. The second-order valence-corrected chi connectivity index (χ2v) is 6.01. The molecule has 0 fully saturated rings. The molecule has 18 heavy (non-hydrogen) atoms. The van der Waals surface area contributed by atoms with Crippen molar-refractivity contribution >= 4 is 32.7 Å². The molecular formula is C13H13BrN2OS. The van der Waals surface area contributed by atoms with Crippen LogP contribution in [0.3, 0.4) is 0 Å². The number of aryl methyl sites for hydroxylation is 2. The van der Waals surface area contributed by atoms with Crippen LogP contribution in [0.25, 0.3) is 0 Å². The van der Waals surface area contributed by atoms with Gasteiger partial charge in [-0.3, -0.25) is 4.72 Å². The van der Waals surface area contributed by atoms with Crippen molar-refractivity contribution in [3.05, 3.63) is 52.1 Å². The van der Waals surface area contributed by atoms with E-state index in [4.69, 9.17) is 0 Å². The van der Waals surface area contributed by atoms with E-state index in [0.29, 0.717) is 5.82 Å². The molecule has 0 aliphatic rings. The normalized spacial score (nSPS) is 12.2. The SMILES string of the molecule is Cc1cccc(NS(=O)c2ccc(C)c(Br)c2)n1. The van der Waals surface area contributed by atoms with E-state index in [9.17, 15) is 4.21 Å². The van der Waals surface area contributed by atoms with E-state index in [1.807, 2.05) is 44.2 Å². The molecule has 5 heteroatoms. The summed E-state index contributed by atoms with van der Waals surface area (Å²) >= 11 is 3.43. The van der Waals surface area contributed by atoms with Gasteiger partial charge in [-0.05, 0) is 43.7 Å². The Bertz CT molecular complexity index is 601. The molecule has 0 saturated heterocycles. The predicted octanol–water partition coefficient (Wildman–Crippen LogP) is 3.60. The Hall–Kier alpha value is -1.20. The van der Waals surface area contributed by atoms with E-state index in [1.165, 1.54) is 0 Å². The van der Waals surface area contributed by atoms with Crippen LogP contribution in [0, 0.1) is 13.8 Å². The van der Waals surface area contributed by atoms with Crippen LogP contribution in [0.4, 0.5) is 5.82 Å². The molecule has 2 rings (SSSR count). The highest BCUT2D eigenvalue weighted by molar-refractivity contribution is 9.10. The number of rotatable bonds is 3. The van der Waals surface area contributed by atoms with Gasteiger partial charge in [-0.1, -0.05) is 28.1 Å². The average Bonchev–Trinajstić information content (AvgIpc) is 2.32. The fourth-order valence-corrected chi connectivity index (χ4v) is 2.81. The minimum absolute atomic E-state index is 0.616. The maximum absolute atomic E-state index is 12.1. The number of aromatic nitrogens is 1. The largest absolute Gasteiger partial charge is 0.285 e. The standard InChI is InChI=1S/C13H13BrN2OS/c1-9-6-7-11(8-12(9)14)18(17)16-13-5-3-4-10(2)15-13/h3-8H,1-2H3,(H,15,16). The van der Waals surface area contributed by atoms with Gasteiger partial charge in [0.25, 0.3) is 0 Å². The maximum atomic E-state index is 12.1. The first-order chi connectivity index (χ1) is 8.56. The van der Waals surface area contributed by atoms with E-state index >= 15 is 0 Å². The van der Waals surface area contributed by atoms with Crippen LogP contribution in [0.1, 0.15) is 11.3 Å². The van der Waals surface area contributed by atoms with E-state index < -0.39 is 11.0 Å². The molecule has 3 nitrogen and oxygen atoms in total. The number of anilines is 1. The van der Waals surface area contributed by atoms with Crippen LogP contribution >= 0.6 is 15.9 Å². The zero-order chi connectivity index (χ0) is 13.1. The Kier molecular flexibility index (Phi) is 4.14. The minimum atomic E-state index is -1.30. The van der Waals surface area contributed by atoms with Crippen molar-refractivity contribution in [1.82, 2.24) is 4.98 Å². The molecule has 0 bridgehead atoms. The Balaban J connectivity index is 2.19. The van der Waals surface area contributed by atoms with Crippen molar-refractivity contribution in [2.45, 2.75) is 18.7 Å². The first kappa shape index (κ1) is 13.2. The average molecular weight is 325 g/mol. The van der Waals surface area contributed by atoms with Gasteiger partial charge < -0.3 is 0 Å². The molecule has 1 unspecified atom stereocenters. The molecule has 1 heterocycles. The number of nitrogens with one attached hydrogen (secondary N) is 1. The van der Waals surface area contributed by atoms with Gasteiger partial charge in [-0.25, -0.2) is 9.19 Å². The van der Waals surface area contributed by atoms with E-state index in [-0.39, 0.29) is 0 Å². The van der Waals surface area contributed by atoms with Gasteiger partial charge >= 0.3 is 0 Å². The molecule has 0 aliphatic carbocycles. The van der Waals surface area contributed by atoms with Gasteiger partial charge in [0.05, 0.1) is 4.90 Å². The number of hydrogen-bond donors (Lipinski definition) is 1. The highest BCUT2D eigenvalue weighted by atomic mass is 79.9. The lowest BCUT2D eigenvalue weighted by molar-refractivity contribution is 0.686. The molecular weight excluding hydrogens is 312 g/mol. The van der Waals surface area contributed by atoms with Crippen LogP contribution in [0.2, 0.25) is 0 Å². The summed E-state index contributed by atoms with van der Waals surface area (Å²) in [5, 5.41) is 0. The van der Waals surface area contributed by atoms with Crippen molar-refractivity contribution in [2.75, 3.05) is 4.72 Å². The zero-order valence-electron chi connectivity index (χ0n) is 10.1. The van der Waals surface area contributed by atoms with Crippen molar-refractivity contribution in [3.63, 3.8) is 0 Å². The lowest BCUT2D eigenvalue weighted by atomic mass is 10.2. The van der Waals surface area contributed by atoms with Crippen molar-refractivity contribution < 1.29 is 4.21 Å². The second kappa shape index (κ2) is 5.63. The maximum Gasteiger partial charge on any atom is 0.151 e. The summed E-state index contributed by atoms with van der Waals surface area (Å²) in [6.07, 6.45) is 0. The van der Waals surface area contributed by atoms with E-state index in [1.54, 1.807) is 6.07 Å². The summed E-state index contributed by atoms with van der Waals surface area (Å²) < 4.78 is 16.0. The van der Waals surface area contributed by atoms with Crippen LogP contribution in [0.5, 0.6) is 0 Å². The first-order valence-corrected chi connectivity index (χ1v) is 7.39. The highest BCUT2D eigenvalue weighted by Gasteiger charge is 2.06. The van der Waals surface area contributed by atoms with Gasteiger partial charge in [0, 0.05) is 10.2 Å². The zero-order valence-corrected chi connectivity index (χ0v) is 12.5.